The number of carbonyl (C=O) groups is 1. The molecule has 1 aliphatic heterocycles. The molecule has 0 radical (unpaired) electrons. The third-order valence-electron chi connectivity index (χ3n) is 3.31. The molecule has 1 unspecified atom stereocenters. The largest absolute Gasteiger partial charge is 0.377 e. The Labute approximate surface area is 111 Å². The summed E-state index contributed by atoms with van der Waals surface area (Å²) in [6.07, 6.45) is 3.74. The van der Waals surface area contributed by atoms with E-state index in [1.807, 2.05) is 4.90 Å². The van der Waals surface area contributed by atoms with Gasteiger partial charge in [0.2, 0.25) is 11.9 Å². The van der Waals surface area contributed by atoms with Crippen molar-refractivity contribution < 1.29 is 9.53 Å². The third-order valence-corrected chi connectivity index (χ3v) is 3.31. The molecule has 3 N–H and O–H groups in total. The molecule has 1 amide bonds. The average molecular weight is 263 g/mol. The Morgan fingerprint density at radius 2 is 2.37 bits per heavy atom. The summed E-state index contributed by atoms with van der Waals surface area (Å²) in [6, 6.07) is 1.76. The Bertz CT molecular complexity index is 477. The standard InChI is InChI=1S/C12H17N5O2/c13-12-14-4-3-10(16-12)17-5-6-19-7-9(17)11(18)15-8-1-2-8/h3-4,8-9H,1-2,5-7H2,(H,15,18)(H2,13,14,16). The summed E-state index contributed by atoms with van der Waals surface area (Å²) >= 11 is 0. The Morgan fingerprint density at radius 1 is 1.53 bits per heavy atom. The summed E-state index contributed by atoms with van der Waals surface area (Å²) in [7, 11) is 0. The fourth-order valence-corrected chi connectivity index (χ4v) is 2.14. The second-order valence-corrected chi connectivity index (χ2v) is 4.84. The van der Waals surface area contributed by atoms with Gasteiger partial charge in [-0.15, -0.1) is 0 Å². The van der Waals surface area contributed by atoms with Crippen LogP contribution in [0.2, 0.25) is 0 Å². The minimum atomic E-state index is -0.344. The highest BCUT2D eigenvalue weighted by Gasteiger charge is 2.33. The zero-order valence-electron chi connectivity index (χ0n) is 10.6. The van der Waals surface area contributed by atoms with Crippen molar-refractivity contribution in [3.05, 3.63) is 12.3 Å². The second-order valence-electron chi connectivity index (χ2n) is 4.84. The molecule has 2 fully saturated rings. The molecule has 7 nitrogen and oxygen atoms in total. The van der Waals surface area contributed by atoms with Crippen LogP contribution >= 0.6 is 0 Å². The first kappa shape index (κ1) is 12.2. The Morgan fingerprint density at radius 3 is 3.11 bits per heavy atom. The van der Waals surface area contributed by atoms with Crippen LogP contribution in [-0.4, -0.2) is 47.7 Å². The maximum absolute atomic E-state index is 12.2. The van der Waals surface area contributed by atoms with E-state index in [4.69, 9.17) is 10.5 Å². The highest BCUT2D eigenvalue weighted by Crippen LogP contribution is 2.21. The van der Waals surface area contributed by atoms with E-state index in [-0.39, 0.29) is 17.9 Å². The van der Waals surface area contributed by atoms with Gasteiger partial charge in [-0.25, -0.2) is 4.98 Å². The lowest BCUT2D eigenvalue weighted by Crippen LogP contribution is -2.54. The van der Waals surface area contributed by atoms with Crippen LogP contribution < -0.4 is 16.0 Å². The lowest BCUT2D eigenvalue weighted by atomic mass is 10.2. The molecule has 0 aromatic carbocycles. The first-order chi connectivity index (χ1) is 9.24. The number of hydrogen-bond acceptors (Lipinski definition) is 6. The number of nitrogens with one attached hydrogen (secondary N) is 1. The predicted molar refractivity (Wildman–Crippen MR) is 69.6 cm³/mol. The van der Waals surface area contributed by atoms with Gasteiger partial charge in [0.1, 0.15) is 11.9 Å². The van der Waals surface area contributed by atoms with Crippen molar-refractivity contribution >= 4 is 17.7 Å². The monoisotopic (exact) mass is 263 g/mol. The van der Waals surface area contributed by atoms with Gasteiger partial charge in [-0.05, 0) is 18.9 Å². The lowest BCUT2D eigenvalue weighted by molar-refractivity contribution is -0.124. The van der Waals surface area contributed by atoms with Crippen molar-refractivity contribution in [1.82, 2.24) is 15.3 Å². The fraction of sp³-hybridized carbons (Fsp3) is 0.583. The molecule has 1 aromatic rings. The second kappa shape index (κ2) is 5.00. The summed E-state index contributed by atoms with van der Waals surface area (Å²) in [5.41, 5.74) is 5.60. The van der Waals surface area contributed by atoms with E-state index in [1.165, 1.54) is 0 Å². The number of nitrogens with two attached hydrogens (primary N) is 1. The number of ether oxygens (including phenoxy) is 1. The molecule has 1 aliphatic carbocycles. The Balaban J connectivity index is 1.77. The van der Waals surface area contributed by atoms with E-state index in [1.54, 1.807) is 12.3 Å². The zero-order valence-corrected chi connectivity index (χ0v) is 10.6. The van der Waals surface area contributed by atoms with Crippen molar-refractivity contribution in [3.63, 3.8) is 0 Å². The molecule has 3 rings (SSSR count). The van der Waals surface area contributed by atoms with Crippen LogP contribution in [0, 0.1) is 0 Å². The minimum Gasteiger partial charge on any atom is -0.377 e. The van der Waals surface area contributed by atoms with Crippen molar-refractivity contribution in [3.8, 4) is 0 Å². The molecule has 1 saturated carbocycles. The SMILES string of the molecule is Nc1nccc(N2CCOCC2C(=O)NC2CC2)n1. The maximum Gasteiger partial charge on any atom is 0.245 e. The molecule has 0 bridgehead atoms. The predicted octanol–water partition coefficient (Wildman–Crippen LogP) is -0.457. The summed E-state index contributed by atoms with van der Waals surface area (Å²) < 4.78 is 5.41. The van der Waals surface area contributed by atoms with Crippen LogP contribution in [0.5, 0.6) is 0 Å². The number of amides is 1. The number of morpholine rings is 1. The van der Waals surface area contributed by atoms with Gasteiger partial charge in [0, 0.05) is 18.8 Å². The number of anilines is 2. The molecular formula is C12H17N5O2. The topological polar surface area (TPSA) is 93.4 Å². The number of carbonyl (C=O) groups excluding carboxylic acids is 1. The van der Waals surface area contributed by atoms with E-state index in [2.05, 4.69) is 15.3 Å². The molecule has 1 atom stereocenters. The van der Waals surface area contributed by atoms with Crippen molar-refractivity contribution in [1.29, 1.82) is 0 Å². The first-order valence-electron chi connectivity index (χ1n) is 6.47. The third kappa shape index (κ3) is 2.76. The number of hydrogen-bond donors (Lipinski definition) is 2. The van der Waals surface area contributed by atoms with Gasteiger partial charge < -0.3 is 20.7 Å². The van der Waals surface area contributed by atoms with Gasteiger partial charge in [0.15, 0.2) is 0 Å². The Kier molecular flexibility index (Phi) is 3.20. The summed E-state index contributed by atoms with van der Waals surface area (Å²) in [4.78, 5) is 22.2. The van der Waals surface area contributed by atoms with E-state index < -0.39 is 0 Å². The highest BCUT2D eigenvalue weighted by molar-refractivity contribution is 5.85. The van der Waals surface area contributed by atoms with Crippen LogP contribution in [0.3, 0.4) is 0 Å². The fourth-order valence-electron chi connectivity index (χ4n) is 2.14. The van der Waals surface area contributed by atoms with E-state index in [0.717, 1.165) is 12.8 Å². The van der Waals surface area contributed by atoms with Crippen LogP contribution in [0.15, 0.2) is 12.3 Å². The molecular weight excluding hydrogens is 246 g/mol. The highest BCUT2D eigenvalue weighted by atomic mass is 16.5. The molecule has 2 aliphatic rings. The van der Waals surface area contributed by atoms with Gasteiger partial charge in [0.25, 0.3) is 0 Å². The number of nitrogens with zero attached hydrogens (tertiary/aromatic N) is 3. The first-order valence-corrected chi connectivity index (χ1v) is 6.47. The van der Waals surface area contributed by atoms with Gasteiger partial charge in [0.05, 0.1) is 13.2 Å². The van der Waals surface area contributed by atoms with Gasteiger partial charge in [-0.3, -0.25) is 4.79 Å². The van der Waals surface area contributed by atoms with E-state index >= 15 is 0 Å². The number of nitrogen functional groups attached to an aromatic ring is 1. The number of rotatable bonds is 3. The van der Waals surface area contributed by atoms with E-state index in [0.29, 0.717) is 31.6 Å². The van der Waals surface area contributed by atoms with Crippen LogP contribution in [0.1, 0.15) is 12.8 Å². The zero-order chi connectivity index (χ0) is 13.2. The minimum absolute atomic E-state index is 0.000571. The normalized spacial score (nSPS) is 23.2. The molecule has 0 spiro atoms. The maximum atomic E-state index is 12.2. The molecule has 7 heteroatoms. The van der Waals surface area contributed by atoms with Crippen LogP contribution in [0.25, 0.3) is 0 Å². The summed E-state index contributed by atoms with van der Waals surface area (Å²) in [5.74, 6) is 0.886. The van der Waals surface area contributed by atoms with Gasteiger partial charge in [-0.1, -0.05) is 0 Å². The number of aromatic nitrogens is 2. The van der Waals surface area contributed by atoms with Crippen molar-refractivity contribution in [2.45, 2.75) is 24.9 Å². The Hall–Kier alpha value is -1.89. The quantitative estimate of drug-likeness (QED) is 0.766. The molecule has 1 aromatic heterocycles. The van der Waals surface area contributed by atoms with Gasteiger partial charge in [-0.2, -0.15) is 4.98 Å². The van der Waals surface area contributed by atoms with Crippen molar-refractivity contribution in [2.24, 2.45) is 0 Å². The molecule has 1 saturated heterocycles. The molecule has 102 valence electrons. The van der Waals surface area contributed by atoms with Crippen LogP contribution in [0.4, 0.5) is 11.8 Å². The average Bonchev–Trinajstić information content (AvgIpc) is 3.23. The summed E-state index contributed by atoms with van der Waals surface area (Å²) in [5, 5.41) is 3.00. The van der Waals surface area contributed by atoms with Crippen LogP contribution in [-0.2, 0) is 9.53 Å². The van der Waals surface area contributed by atoms with E-state index in [9.17, 15) is 4.79 Å². The molecule has 2 heterocycles. The lowest BCUT2D eigenvalue weighted by Gasteiger charge is -2.35. The van der Waals surface area contributed by atoms with Crippen molar-refractivity contribution in [2.75, 3.05) is 30.4 Å². The van der Waals surface area contributed by atoms with Gasteiger partial charge >= 0.3 is 0 Å². The smallest absolute Gasteiger partial charge is 0.245 e. The summed E-state index contributed by atoms with van der Waals surface area (Å²) in [6.45, 7) is 1.58. The molecule has 19 heavy (non-hydrogen) atoms.